The Bertz CT molecular complexity index is 937. The fraction of sp³-hybridized carbons (Fsp3) is 0.520. The topological polar surface area (TPSA) is 134 Å². The third-order valence-electron chi connectivity index (χ3n) is 5.73. The van der Waals surface area contributed by atoms with Crippen LogP contribution in [0.2, 0.25) is 0 Å². The predicted molar refractivity (Wildman–Crippen MR) is 129 cm³/mol. The molecule has 10 heteroatoms. The molecule has 0 radical (unpaired) electrons. The van der Waals surface area contributed by atoms with Crippen molar-refractivity contribution in [2.24, 2.45) is 11.8 Å². The number of piperidine rings is 1. The van der Waals surface area contributed by atoms with Gasteiger partial charge >= 0.3 is 5.97 Å². The Kier molecular flexibility index (Phi) is 10.6. The molecule has 0 aromatic heterocycles. The van der Waals surface area contributed by atoms with Crippen molar-refractivity contribution in [3.8, 4) is 11.5 Å². The van der Waals surface area contributed by atoms with Crippen molar-refractivity contribution < 1.29 is 33.8 Å². The second kappa shape index (κ2) is 13.4. The molecule has 0 bridgehead atoms. The second-order valence-corrected chi connectivity index (χ2v) is 8.62. The summed E-state index contributed by atoms with van der Waals surface area (Å²) in [6.07, 6.45) is 3.84. The Labute approximate surface area is 205 Å². The van der Waals surface area contributed by atoms with E-state index in [1.54, 1.807) is 24.0 Å². The number of aromatic hydroxyl groups is 1. The van der Waals surface area contributed by atoms with Crippen LogP contribution in [0.3, 0.4) is 0 Å². The highest BCUT2D eigenvalue weighted by molar-refractivity contribution is 5.95. The number of phenols is 1. The maximum Gasteiger partial charge on any atom is 0.309 e. The van der Waals surface area contributed by atoms with Crippen molar-refractivity contribution in [1.29, 1.82) is 0 Å². The van der Waals surface area contributed by atoms with E-state index in [9.17, 15) is 24.3 Å². The van der Waals surface area contributed by atoms with E-state index in [-0.39, 0.29) is 41.8 Å². The summed E-state index contributed by atoms with van der Waals surface area (Å²) in [5.74, 6) is -1.51. The molecule has 1 heterocycles. The van der Waals surface area contributed by atoms with Gasteiger partial charge in [-0.05, 0) is 49.5 Å². The number of nitrogens with zero attached hydrogens (tertiary/aromatic N) is 1. The molecule has 0 aliphatic carbocycles. The van der Waals surface area contributed by atoms with Crippen LogP contribution < -0.4 is 15.4 Å². The summed E-state index contributed by atoms with van der Waals surface area (Å²) in [5.41, 5.74) is 0.636. The zero-order chi connectivity index (χ0) is 26.0. The van der Waals surface area contributed by atoms with Gasteiger partial charge in [0.2, 0.25) is 17.7 Å². The molecule has 1 saturated heterocycles. The fourth-order valence-electron chi connectivity index (χ4n) is 3.73. The minimum absolute atomic E-state index is 0.0107. The SMILES string of the molecule is CCOC(=O)C1CCN(C(=O)[C@@H](NC(=O)CNC(=O)/C=C/c2ccc(O)c(OC)c2)C(C)C)CC1. The highest BCUT2D eigenvalue weighted by atomic mass is 16.5. The number of carbonyl (C=O) groups is 4. The summed E-state index contributed by atoms with van der Waals surface area (Å²) >= 11 is 0. The highest BCUT2D eigenvalue weighted by Gasteiger charge is 2.33. The largest absolute Gasteiger partial charge is 0.504 e. The summed E-state index contributed by atoms with van der Waals surface area (Å²) in [4.78, 5) is 51.1. The molecule has 0 saturated carbocycles. The molecule has 1 atom stereocenters. The van der Waals surface area contributed by atoms with Crippen molar-refractivity contribution in [3.63, 3.8) is 0 Å². The first kappa shape index (κ1) is 27.7. The van der Waals surface area contributed by atoms with Gasteiger partial charge in [-0.2, -0.15) is 0 Å². The van der Waals surface area contributed by atoms with E-state index in [1.165, 1.54) is 25.3 Å². The van der Waals surface area contributed by atoms with E-state index in [0.717, 1.165) is 0 Å². The van der Waals surface area contributed by atoms with Crippen LogP contribution >= 0.6 is 0 Å². The second-order valence-electron chi connectivity index (χ2n) is 8.62. The van der Waals surface area contributed by atoms with Gasteiger partial charge in [0.1, 0.15) is 6.04 Å². The molecule has 1 fully saturated rings. The van der Waals surface area contributed by atoms with Crippen LogP contribution in [0.4, 0.5) is 0 Å². The smallest absolute Gasteiger partial charge is 0.309 e. The van der Waals surface area contributed by atoms with E-state index in [0.29, 0.717) is 38.1 Å². The van der Waals surface area contributed by atoms with Crippen molar-refractivity contribution in [3.05, 3.63) is 29.8 Å². The average molecular weight is 490 g/mol. The van der Waals surface area contributed by atoms with Crippen LogP contribution in [0.1, 0.15) is 39.2 Å². The molecule has 192 valence electrons. The van der Waals surface area contributed by atoms with Gasteiger partial charge in [0.05, 0.1) is 26.2 Å². The third kappa shape index (κ3) is 8.31. The summed E-state index contributed by atoms with van der Waals surface area (Å²) in [6.45, 7) is 6.32. The monoisotopic (exact) mass is 489 g/mol. The number of rotatable bonds is 10. The van der Waals surface area contributed by atoms with Crippen LogP contribution in [0.5, 0.6) is 11.5 Å². The molecule has 2 rings (SSSR count). The summed E-state index contributed by atoms with van der Waals surface area (Å²) in [5, 5.41) is 14.8. The minimum atomic E-state index is -0.737. The molecule has 1 aromatic carbocycles. The van der Waals surface area contributed by atoms with Crippen molar-refractivity contribution in [2.45, 2.75) is 39.7 Å². The van der Waals surface area contributed by atoms with Crippen LogP contribution in [0.15, 0.2) is 24.3 Å². The zero-order valence-corrected chi connectivity index (χ0v) is 20.7. The van der Waals surface area contributed by atoms with Crippen LogP contribution in [-0.4, -0.2) is 73.1 Å². The number of esters is 1. The Morgan fingerprint density at radius 2 is 1.89 bits per heavy atom. The van der Waals surface area contributed by atoms with E-state index in [1.807, 2.05) is 13.8 Å². The first-order chi connectivity index (χ1) is 16.7. The zero-order valence-electron chi connectivity index (χ0n) is 20.7. The molecule has 35 heavy (non-hydrogen) atoms. The Morgan fingerprint density at radius 1 is 1.20 bits per heavy atom. The van der Waals surface area contributed by atoms with Crippen molar-refractivity contribution >= 4 is 29.8 Å². The van der Waals surface area contributed by atoms with Gasteiger partial charge in [0.15, 0.2) is 11.5 Å². The van der Waals surface area contributed by atoms with E-state index < -0.39 is 17.9 Å². The molecular formula is C25H35N3O7. The highest BCUT2D eigenvalue weighted by Crippen LogP contribution is 2.26. The first-order valence-corrected chi connectivity index (χ1v) is 11.7. The standard InChI is InChI=1S/C25H35N3O7/c1-5-35-25(33)18-10-12-28(13-11-18)24(32)23(16(2)3)27-22(31)15-26-21(30)9-7-17-6-8-19(29)20(14-17)34-4/h6-9,14,16,18,23,29H,5,10-13,15H2,1-4H3,(H,26,30)(H,27,31)/b9-7+/t23-/m0/s1. The lowest BCUT2D eigenvalue weighted by Crippen LogP contribution is -2.54. The summed E-state index contributed by atoms with van der Waals surface area (Å²) < 4.78 is 10.1. The molecule has 1 aromatic rings. The molecule has 0 unspecified atom stereocenters. The molecule has 1 aliphatic rings. The maximum atomic E-state index is 13.0. The predicted octanol–water partition coefficient (Wildman–Crippen LogP) is 1.47. The molecule has 3 N–H and O–H groups in total. The van der Waals surface area contributed by atoms with E-state index in [2.05, 4.69) is 10.6 Å². The van der Waals surface area contributed by atoms with Gasteiger partial charge in [-0.15, -0.1) is 0 Å². The van der Waals surface area contributed by atoms with Crippen LogP contribution in [0, 0.1) is 11.8 Å². The number of phenolic OH excluding ortho intramolecular Hbond substituents is 1. The maximum absolute atomic E-state index is 13.0. The number of amides is 3. The number of carbonyl (C=O) groups excluding carboxylic acids is 4. The average Bonchev–Trinajstić information content (AvgIpc) is 2.85. The third-order valence-corrected chi connectivity index (χ3v) is 5.73. The Hall–Kier alpha value is -3.56. The molecule has 10 nitrogen and oxygen atoms in total. The molecule has 0 spiro atoms. The summed E-state index contributed by atoms with van der Waals surface area (Å²) in [7, 11) is 1.43. The Balaban J connectivity index is 1.85. The number of likely N-dealkylation sites (tertiary alicyclic amines) is 1. The number of methoxy groups -OCH3 is 1. The summed E-state index contributed by atoms with van der Waals surface area (Å²) in [6, 6.07) is 3.90. The Morgan fingerprint density at radius 3 is 2.49 bits per heavy atom. The number of hydrogen-bond acceptors (Lipinski definition) is 7. The van der Waals surface area contributed by atoms with Gasteiger partial charge in [0.25, 0.3) is 0 Å². The lowest BCUT2D eigenvalue weighted by atomic mass is 9.95. The first-order valence-electron chi connectivity index (χ1n) is 11.7. The number of ether oxygens (including phenoxy) is 2. The molecule has 3 amide bonds. The van der Waals surface area contributed by atoms with Crippen molar-refractivity contribution in [1.82, 2.24) is 15.5 Å². The number of nitrogens with one attached hydrogen (secondary N) is 2. The fourth-order valence-corrected chi connectivity index (χ4v) is 3.73. The quantitative estimate of drug-likeness (QED) is 0.335. The lowest BCUT2D eigenvalue weighted by molar-refractivity contribution is -0.151. The number of hydrogen-bond donors (Lipinski definition) is 3. The van der Waals surface area contributed by atoms with Gasteiger partial charge in [0, 0.05) is 19.2 Å². The van der Waals surface area contributed by atoms with E-state index >= 15 is 0 Å². The van der Waals surface area contributed by atoms with Crippen molar-refractivity contribution in [2.75, 3.05) is 33.4 Å². The van der Waals surface area contributed by atoms with Gasteiger partial charge < -0.3 is 30.1 Å². The lowest BCUT2D eigenvalue weighted by Gasteiger charge is -2.34. The number of benzene rings is 1. The van der Waals surface area contributed by atoms with Gasteiger partial charge in [-0.3, -0.25) is 19.2 Å². The van der Waals surface area contributed by atoms with Crippen LogP contribution in [-0.2, 0) is 23.9 Å². The van der Waals surface area contributed by atoms with Gasteiger partial charge in [-0.25, -0.2) is 0 Å². The minimum Gasteiger partial charge on any atom is -0.504 e. The van der Waals surface area contributed by atoms with Crippen LogP contribution in [0.25, 0.3) is 6.08 Å². The molecule has 1 aliphatic heterocycles. The molecular weight excluding hydrogens is 454 g/mol. The van der Waals surface area contributed by atoms with Gasteiger partial charge in [-0.1, -0.05) is 19.9 Å². The van der Waals surface area contributed by atoms with E-state index in [4.69, 9.17) is 9.47 Å². The normalized spacial score (nSPS) is 15.1.